The number of benzene rings is 1. The average molecular weight is 265 g/mol. The highest BCUT2D eigenvalue weighted by atomic mass is 16.6. The molecule has 0 saturated carbocycles. The fraction of sp³-hybridized carbons (Fsp3) is 0.533. The molecule has 0 aromatic heterocycles. The lowest BCUT2D eigenvalue weighted by Crippen LogP contribution is -2.48. The van der Waals surface area contributed by atoms with Gasteiger partial charge in [-0.1, -0.05) is 6.07 Å². The molecule has 1 aromatic rings. The summed E-state index contributed by atoms with van der Waals surface area (Å²) in [4.78, 5) is 13.9. The Hall–Kier alpha value is -1.71. The molecule has 0 radical (unpaired) electrons. The first-order chi connectivity index (χ1) is 8.50. The van der Waals surface area contributed by atoms with Crippen molar-refractivity contribution in [2.24, 2.45) is 0 Å². The normalized spacial score (nSPS) is 12.1. The highest BCUT2D eigenvalue weighted by molar-refractivity contribution is 5.89. The molecule has 1 N–H and O–H groups in total. The Morgan fingerprint density at radius 2 is 1.74 bits per heavy atom. The number of phenols is 1. The smallest absolute Gasteiger partial charge is 0.415 e. The van der Waals surface area contributed by atoms with Crippen molar-refractivity contribution in [3.63, 3.8) is 0 Å². The fourth-order valence-electron chi connectivity index (χ4n) is 1.71. The quantitative estimate of drug-likeness (QED) is 0.837. The number of amides is 1. The molecule has 4 heteroatoms. The monoisotopic (exact) mass is 265 g/mol. The molecular formula is C15H23NO3. The van der Waals surface area contributed by atoms with Crippen LogP contribution in [0.1, 0.15) is 41.5 Å². The summed E-state index contributed by atoms with van der Waals surface area (Å²) >= 11 is 0. The molecule has 0 fully saturated rings. The molecule has 0 unspecified atom stereocenters. The summed E-state index contributed by atoms with van der Waals surface area (Å²) in [6.07, 6.45) is -0.425. The molecule has 0 aliphatic carbocycles. The van der Waals surface area contributed by atoms with Gasteiger partial charge in [0.1, 0.15) is 11.4 Å². The largest absolute Gasteiger partial charge is 0.508 e. The molecule has 4 nitrogen and oxygen atoms in total. The summed E-state index contributed by atoms with van der Waals surface area (Å²) in [7, 11) is 0. The fourth-order valence-corrected chi connectivity index (χ4v) is 1.71. The van der Waals surface area contributed by atoms with Gasteiger partial charge in [0.15, 0.2) is 0 Å². The first-order valence-corrected chi connectivity index (χ1v) is 6.33. The van der Waals surface area contributed by atoms with Gasteiger partial charge >= 0.3 is 6.09 Å². The third kappa shape index (κ3) is 4.47. The summed E-state index contributed by atoms with van der Waals surface area (Å²) in [5.74, 6) is 0.121. The Morgan fingerprint density at radius 3 is 2.16 bits per heavy atom. The zero-order chi connectivity index (χ0) is 14.8. The van der Waals surface area contributed by atoms with Crippen LogP contribution in [0.5, 0.6) is 5.75 Å². The topological polar surface area (TPSA) is 49.8 Å². The highest BCUT2D eigenvalue weighted by Crippen LogP contribution is 2.28. The van der Waals surface area contributed by atoms with Crippen LogP contribution in [0, 0.1) is 0 Å². The standard InChI is InChI=1S/C15H23NO3/c1-14(2,3)16(13(18)19-15(4,5)6)11-8-7-9-12(17)10-11/h7-10,17H,1-6H3. The van der Waals surface area contributed by atoms with Crippen molar-refractivity contribution in [2.45, 2.75) is 52.7 Å². The number of rotatable bonds is 1. The van der Waals surface area contributed by atoms with Crippen LogP contribution in [0.25, 0.3) is 0 Å². The Morgan fingerprint density at radius 1 is 1.16 bits per heavy atom. The third-order valence-corrected chi connectivity index (χ3v) is 2.33. The van der Waals surface area contributed by atoms with E-state index in [0.717, 1.165) is 0 Å². The molecule has 106 valence electrons. The van der Waals surface area contributed by atoms with E-state index in [2.05, 4.69) is 0 Å². The molecule has 1 amide bonds. The Balaban J connectivity index is 3.13. The molecule has 0 atom stereocenters. The molecule has 0 spiro atoms. The van der Waals surface area contributed by atoms with Crippen molar-refractivity contribution in [3.05, 3.63) is 24.3 Å². The van der Waals surface area contributed by atoms with Gasteiger partial charge in [-0.15, -0.1) is 0 Å². The van der Waals surface area contributed by atoms with Crippen molar-refractivity contribution >= 4 is 11.8 Å². The lowest BCUT2D eigenvalue weighted by atomic mass is 10.1. The van der Waals surface area contributed by atoms with E-state index in [1.165, 1.54) is 4.90 Å². The van der Waals surface area contributed by atoms with Gasteiger partial charge in [-0.05, 0) is 53.7 Å². The van der Waals surface area contributed by atoms with Crippen LogP contribution in [0.3, 0.4) is 0 Å². The third-order valence-electron chi connectivity index (χ3n) is 2.33. The van der Waals surface area contributed by atoms with Crippen LogP contribution in [0.15, 0.2) is 24.3 Å². The second-order valence-electron chi connectivity index (χ2n) is 6.51. The van der Waals surface area contributed by atoms with Gasteiger partial charge in [-0.3, -0.25) is 4.90 Å². The number of nitrogens with zero attached hydrogens (tertiary/aromatic N) is 1. The van der Waals surface area contributed by atoms with E-state index in [0.29, 0.717) is 5.69 Å². The summed E-state index contributed by atoms with van der Waals surface area (Å²) < 4.78 is 5.43. The van der Waals surface area contributed by atoms with Gasteiger partial charge < -0.3 is 9.84 Å². The lowest BCUT2D eigenvalue weighted by Gasteiger charge is -2.36. The van der Waals surface area contributed by atoms with Crippen molar-refractivity contribution in [1.29, 1.82) is 0 Å². The van der Waals surface area contributed by atoms with Crippen molar-refractivity contribution in [2.75, 3.05) is 4.90 Å². The zero-order valence-corrected chi connectivity index (χ0v) is 12.5. The first-order valence-electron chi connectivity index (χ1n) is 6.33. The average Bonchev–Trinajstić information content (AvgIpc) is 2.11. The van der Waals surface area contributed by atoms with E-state index >= 15 is 0 Å². The molecule has 0 bridgehead atoms. The summed E-state index contributed by atoms with van der Waals surface area (Å²) in [5, 5.41) is 9.56. The molecular weight excluding hydrogens is 242 g/mol. The SMILES string of the molecule is CC(C)(C)OC(=O)N(c1cccc(O)c1)C(C)(C)C. The summed E-state index contributed by atoms with van der Waals surface area (Å²) in [6, 6.07) is 6.59. The van der Waals surface area contributed by atoms with E-state index in [1.807, 2.05) is 41.5 Å². The van der Waals surface area contributed by atoms with Crippen molar-refractivity contribution in [3.8, 4) is 5.75 Å². The minimum Gasteiger partial charge on any atom is -0.508 e. The number of ether oxygens (including phenoxy) is 1. The molecule has 0 heterocycles. The molecule has 1 rings (SSSR count). The second-order valence-corrected chi connectivity index (χ2v) is 6.51. The summed E-state index contributed by atoms with van der Waals surface area (Å²) in [5.41, 5.74) is -0.394. The molecule has 0 aliphatic rings. The molecule has 0 aliphatic heterocycles. The lowest BCUT2D eigenvalue weighted by molar-refractivity contribution is 0.0550. The van der Waals surface area contributed by atoms with Gasteiger partial charge in [0.2, 0.25) is 0 Å². The molecule has 1 aromatic carbocycles. The number of carbonyl (C=O) groups is 1. The number of carbonyl (C=O) groups excluding carboxylic acids is 1. The van der Waals surface area contributed by atoms with Gasteiger partial charge in [0.05, 0.1) is 5.69 Å². The molecule has 0 saturated heterocycles. The highest BCUT2D eigenvalue weighted by Gasteiger charge is 2.32. The van der Waals surface area contributed by atoms with Crippen molar-refractivity contribution < 1.29 is 14.6 Å². The van der Waals surface area contributed by atoms with Gasteiger partial charge in [0.25, 0.3) is 0 Å². The van der Waals surface area contributed by atoms with Crippen LogP contribution in [-0.4, -0.2) is 22.3 Å². The zero-order valence-electron chi connectivity index (χ0n) is 12.5. The minimum absolute atomic E-state index is 0.121. The van der Waals surface area contributed by atoms with E-state index in [9.17, 15) is 9.90 Å². The van der Waals surface area contributed by atoms with Crippen LogP contribution < -0.4 is 4.90 Å². The molecule has 19 heavy (non-hydrogen) atoms. The van der Waals surface area contributed by atoms with E-state index < -0.39 is 17.2 Å². The minimum atomic E-state index is -0.558. The maximum absolute atomic E-state index is 12.3. The number of anilines is 1. The van der Waals surface area contributed by atoms with Crippen LogP contribution in [0.2, 0.25) is 0 Å². The first kappa shape index (κ1) is 15.3. The number of aromatic hydroxyl groups is 1. The van der Waals surface area contributed by atoms with Gasteiger partial charge in [-0.25, -0.2) is 4.79 Å². The number of hydrogen-bond donors (Lipinski definition) is 1. The summed E-state index contributed by atoms with van der Waals surface area (Å²) in [6.45, 7) is 11.2. The second kappa shape index (κ2) is 5.11. The van der Waals surface area contributed by atoms with Gasteiger partial charge in [0, 0.05) is 11.6 Å². The Bertz CT molecular complexity index is 455. The van der Waals surface area contributed by atoms with Gasteiger partial charge in [-0.2, -0.15) is 0 Å². The van der Waals surface area contributed by atoms with E-state index in [1.54, 1.807) is 24.3 Å². The van der Waals surface area contributed by atoms with Crippen molar-refractivity contribution in [1.82, 2.24) is 0 Å². The maximum atomic E-state index is 12.3. The van der Waals surface area contributed by atoms with Crippen LogP contribution >= 0.6 is 0 Å². The predicted octanol–water partition coefficient (Wildman–Crippen LogP) is 3.93. The van der Waals surface area contributed by atoms with E-state index in [4.69, 9.17) is 4.74 Å². The van der Waals surface area contributed by atoms with Crippen LogP contribution in [0.4, 0.5) is 10.5 Å². The Labute approximate surface area is 115 Å². The Kier molecular flexibility index (Phi) is 4.13. The number of hydrogen-bond acceptors (Lipinski definition) is 3. The van der Waals surface area contributed by atoms with Crippen LogP contribution in [-0.2, 0) is 4.74 Å². The van der Waals surface area contributed by atoms with E-state index in [-0.39, 0.29) is 5.75 Å². The predicted molar refractivity (Wildman–Crippen MR) is 76.6 cm³/mol. The maximum Gasteiger partial charge on any atom is 0.415 e. The number of phenolic OH excluding ortho intramolecular Hbond substituents is 1.